The first kappa shape index (κ1) is 7.23. The quantitative estimate of drug-likeness (QED) is 0.614. The first-order valence-electron chi connectivity index (χ1n) is 4.13. The van der Waals surface area contributed by atoms with Gasteiger partial charge in [-0.3, -0.25) is 0 Å². The summed E-state index contributed by atoms with van der Waals surface area (Å²) in [4.78, 5) is 0. The van der Waals surface area contributed by atoms with E-state index >= 15 is 0 Å². The molecule has 0 radical (unpaired) electrons. The maximum absolute atomic E-state index is 2.24. The Hall–Kier alpha value is -0.430. The second kappa shape index (κ2) is 3.31. The molecule has 1 atom stereocenters. The van der Waals surface area contributed by atoms with E-state index in [1.165, 1.54) is 24.2 Å². The molecule has 0 unspecified atom stereocenters. The molecule has 0 spiro atoms. The summed E-state index contributed by atoms with van der Waals surface area (Å²) in [6.07, 6.45) is 2.76. The largest absolute Gasteiger partial charge is 0.154 e. The topological polar surface area (TPSA) is 0 Å². The molecule has 1 saturated heterocycles. The fourth-order valence-electron chi connectivity index (χ4n) is 1.51. The van der Waals surface area contributed by atoms with Crippen molar-refractivity contribution in [3.63, 3.8) is 0 Å². The normalized spacial score (nSPS) is 23.8. The van der Waals surface area contributed by atoms with E-state index in [-0.39, 0.29) is 0 Å². The summed E-state index contributed by atoms with van der Waals surface area (Å²) < 4.78 is 0. The van der Waals surface area contributed by atoms with Gasteiger partial charge in [-0.1, -0.05) is 30.3 Å². The first-order valence-corrected chi connectivity index (χ1v) is 5.18. The summed E-state index contributed by atoms with van der Waals surface area (Å²) in [5, 5.41) is 0.788. The first-order chi connectivity index (χ1) is 5.47. The zero-order valence-corrected chi connectivity index (χ0v) is 7.31. The predicted molar refractivity (Wildman–Crippen MR) is 50.9 cm³/mol. The van der Waals surface area contributed by atoms with E-state index in [4.69, 9.17) is 0 Å². The highest BCUT2D eigenvalue weighted by Gasteiger charge is 2.16. The van der Waals surface area contributed by atoms with Gasteiger partial charge in [0.1, 0.15) is 0 Å². The minimum absolute atomic E-state index is 0.788. The van der Waals surface area contributed by atoms with Gasteiger partial charge in [0.25, 0.3) is 0 Å². The Kier molecular flexibility index (Phi) is 2.18. The molecule has 0 aromatic heterocycles. The third-order valence-electron chi connectivity index (χ3n) is 2.10. The molecule has 58 valence electrons. The van der Waals surface area contributed by atoms with E-state index in [0.717, 1.165) is 5.25 Å². The van der Waals surface area contributed by atoms with Gasteiger partial charge in [-0.2, -0.15) is 11.8 Å². The molecule has 0 amide bonds. The van der Waals surface area contributed by atoms with Crippen LogP contribution in [0.1, 0.15) is 23.7 Å². The van der Waals surface area contributed by atoms with Crippen molar-refractivity contribution in [1.82, 2.24) is 0 Å². The van der Waals surface area contributed by atoms with Gasteiger partial charge in [-0.25, -0.2) is 0 Å². The van der Waals surface area contributed by atoms with Crippen LogP contribution < -0.4 is 0 Å². The van der Waals surface area contributed by atoms with Crippen LogP contribution >= 0.6 is 11.8 Å². The Bertz CT molecular complexity index is 212. The van der Waals surface area contributed by atoms with Crippen molar-refractivity contribution in [3.8, 4) is 0 Å². The van der Waals surface area contributed by atoms with Crippen molar-refractivity contribution >= 4 is 11.8 Å². The SMILES string of the molecule is c1ccc([C@@H]2CCCS2)cc1. The molecule has 1 aliphatic heterocycles. The summed E-state index contributed by atoms with van der Waals surface area (Å²) >= 11 is 2.10. The molecule has 1 aromatic carbocycles. The van der Waals surface area contributed by atoms with Crippen molar-refractivity contribution < 1.29 is 0 Å². The zero-order valence-electron chi connectivity index (χ0n) is 6.49. The van der Waals surface area contributed by atoms with Crippen LogP contribution in [0.4, 0.5) is 0 Å². The molecular weight excluding hydrogens is 152 g/mol. The number of thioether (sulfide) groups is 1. The highest BCUT2D eigenvalue weighted by Crippen LogP contribution is 2.39. The van der Waals surface area contributed by atoms with Crippen LogP contribution in [0.25, 0.3) is 0 Å². The van der Waals surface area contributed by atoms with Gasteiger partial charge in [-0.15, -0.1) is 0 Å². The van der Waals surface area contributed by atoms with E-state index in [2.05, 4.69) is 42.1 Å². The average molecular weight is 164 g/mol. The number of rotatable bonds is 1. The molecule has 1 aliphatic rings. The van der Waals surface area contributed by atoms with Crippen molar-refractivity contribution in [3.05, 3.63) is 35.9 Å². The van der Waals surface area contributed by atoms with Crippen LogP contribution in [0.3, 0.4) is 0 Å². The summed E-state index contributed by atoms with van der Waals surface area (Å²) in [7, 11) is 0. The maximum Gasteiger partial charge on any atom is 0.0297 e. The lowest BCUT2D eigenvalue weighted by Crippen LogP contribution is -1.85. The molecule has 2 rings (SSSR count). The fraction of sp³-hybridized carbons (Fsp3) is 0.400. The molecule has 1 heteroatoms. The summed E-state index contributed by atoms with van der Waals surface area (Å²) in [5.41, 5.74) is 1.51. The molecular formula is C10H12S. The van der Waals surface area contributed by atoms with Gasteiger partial charge < -0.3 is 0 Å². The lowest BCUT2D eigenvalue weighted by atomic mass is 10.1. The average Bonchev–Trinajstić information content (AvgIpc) is 2.58. The van der Waals surface area contributed by atoms with Gasteiger partial charge in [0.2, 0.25) is 0 Å². The molecule has 0 nitrogen and oxygen atoms in total. The van der Waals surface area contributed by atoms with Crippen LogP contribution in [-0.4, -0.2) is 5.75 Å². The second-order valence-electron chi connectivity index (χ2n) is 2.91. The van der Waals surface area contributed by atoms with Gasteiger partial charge >= 0.3 is 0 Å². The third-order valence-corrected chi connectivity index (χ3v) is 3.54. The van der Waals surface area contributed by atoms with Gasteiger partial charge in [-0.05, 0) is 24.2 Å². The van der Waals surface area contributed by atoms with Crippen molar-refractivity contribution in [2.45, 2.75) is 18.1 Å². The van der Waals surface area contributed by atoms with E-state index in [1.54, 1.807) is 0 Å². The van der Waals surface area contributed by atoms with Gasteiger partial charge in [0.05, 0.1) is 0 Å². The molecule has 1 fully saturated rings. The lowest BCUT2D eigenvalue weighted by Gasteiger charge is -2.06. The van der Waals surface area contributed by atoms with Crippen LogP contribution in [0.15, 0.2) is 30.3 Å². The van der Waals surface area contributed by atoms with Crippen LogP contribution in [0, 0.1) is 0 Å². The zero-order chi connectivity index (χ0) is 7.52. The molecule has 1 aromatic rings. The molecule has 0 bridgehead atoms. The second-order valence-corrected chi connectivity index (χ2v) is 4.22. The number of hydrogen-bond donors (Lipinski definition) is 0. The van der Waals surface area contributed by atoms with Gasteiger partial charge in [0.15, 0.2) is 0 Å². The van der Waals surface area contributed by atoms with Crippen molar-refractivity contribution in [2.24, 2.45) is 0 Å². The smallest absolute Gasteiger partial charge is 0.0297 e. The van der Waals surface area contributed by atoms with Crippen LogP contribution in [-0.2, 0) is 0 Å². The standard InChI is InChI=1S/C10H12S/c1-2-5-9(6-3-1)10-7-4-8-11-10/h1-3,5-6,10H,4,7-8H2/t10-/m0/s1. The Labute approximate surface area is 72.0 Å². The summed E-state index contributed by atoms with van der Waals surface area (Å²) in [6, 6.07) is 10.8. The van der Waals surface area contributed by atoms with E-state index in [9.17, 15) is 0 Å². The Morgan fingerprint density at radius 1 is 1.18 bits per heavy atom. The molecule has 11 heavy (non-hydrogen) atoms. The Balaban J connectivity index is 2.16. The van der Waals surface area contributed by atoms with Crippen molar-refractivity contribution in [2.75, 3.05) is 5.75 Å². The molecule has 0 saturated carbocycles. The maximum atomic E-state index is 2.24. The minimum Gasteiger partial charge on any atom is -0.154 e. The number of benzene rings is 1. The van der Waals surface area contributed by atoms with E-state index < -0.39 is 0 Å². The summed E-state index contributed by atoms with van der Waals surface area (Å²) in [6.45, 7) is 0. The highest BCUT2D eigenvalue weighted by molar-refractivity contribution is 7.99. The highest BCUT2D eigenvalue weighted by atomic mass is 32.2. The lowest BCUT2D eigenvalue weighted by molar-refractivity contribution is 0.829. The molecule has 0 aliphatic carbocycles. The van der Waals surface area contributed by atoms with Crippen molar-refractivity contribution in [1.29, 1.82) is 0 Å². The van der Waals surface area contributed by atoms with E-state index in [0.29, 0.717) is 0 Å². The molecule has 0 N–H and O–H groups in total. The number of hydrogen-bond acceptors (Lipinski definition) is 1. The fourth-order valence-corrected chi connectivity index (χ4v) is 2.81. The third kappa shape index (κ3) is 1.59. The Morgan fingerprint density at radius 3 is 2.64 bits per heavy atom. The summed E-state index contributed by atoms with van der Waals surface area (Å²) in [5.74, 6) is 1.35. The minimum atomic E-state index is 0.788. The Morgan fingerprint density at radius 2 is 2.00 bits per heavy atom. The monoisotopic (exact) mass is 164 g/mol. The van der Waals surface area contributed by atoms with E-state index in [1.807, 2.05) is 0 Å². The predicted octanol–water partition coefficient (Wildman–Crippen LogP) is 3.25. The van der Waals surface area contributed by atoms with Gasteiger partial charge in [0, 0.05) is 5.25 Å². The molecule has 1 heterocycles. The van der Waals surface area contributed by atoms with Crippen LogP contribution in [0.2, 0.25) is 0 Å². The van der Waals surface area contributed by atoms with Crippen LogP contribution in [0.5, 0.6) is 0 Å².